The standard InChI is InChI=1S/C13H22N4O2S.HI/c1-3-20(18,19)16-10-4-9-15-13(14)17-12-7-5-11(2)6-8-12;/h5-8,16H,3-4,9-10H2,1-2H3,(H3,14,15,17);1H. The average Bonchev–Trinajstić information content (AvgIpc) is 2.41. The second-order valence-electron chi connectivity index (χ2n) is 4.41. The highest BCUT2D eigenvalue weighted by molar-refractivity contribution is 14.0. The van der Waals surface area contributed by atoms with Crippen LogP contribution >= 0.6 is 24.0 Å². The Morgan fingerprint density at radius 1 is 1.29 bits per heavy atom. The lowest BCUT2D eigenvalue weighted by Gasteiger charge is -2.06. The second-order valence-corrected chi connectivity index (χ2v) is 6.50. The van der Waals surface area contributed by atoms with Crippen molar-refractivity contribution < 1.29 is 8.42 Å². The van der Waals surface area contributed by atoms with Crippen molar-refractivity contribution in [1.82, 2.24) is 4.72 Å². The Bertz CT molecular complexity index is 544. The number of guanidine groups is 1. The SMILES string of the molecule is CCS(=O)(=O)NCCCN=C(N)Nc1ccc(C)cc1.I. The highest BCUT2D eigenvalue weighted by Gasteiger charge is 2.03. The van der Waals surface area contributed by atoms with E-state index in [1.807, 2.05) is 31.2 Å². The molecule has 0 atom stereocenters. The van der Waals surface area contributed by atoms with Gasteiger partial charge in [-0.15, -0.1) is 24.0 Å². The third kappa shape index (κ3) is 8.89. The molecule has 0 unspecified atom stereocenters. The number of sulfonamides is 1. The third-order valence-electron chi connectivity index (χ3n) is 2.64. The van der Waals surface area contributed by atoms with Crippen molar-refractivity contribution in [2.24, 2.45) is 10.7 Å². The minimum Gasteiger partial charge on any atom is -0.370 e. The molecule has 0 aliphatic heterocycles. The van der Waals surface area contributed by atoms with Crippen LogP contribution in [-0.2, 0) is 10.0 Å². The lowest BCUT2D eigenvalue weighted by molar-refractivity contribution is 0.581. The van der Waals surface area contributed by atoms with Crippen LogP contribution in [0, 0.1) is 6.92 Å². The zero-order valence-electron chi connectivity index (χ0n) is 12.3. The van der Waals surface area contributed by atoms with Crippen molar-refractivity contribution in [3.63, 3.8) is 0 Å². The van der Waals surface area contributed by atoms with E-state index in [-0.39, 0.29) is 29.7 Å². The predicted molar refractivity (Wildman–Crippen MR) is 98.8 cm³/mol. The molecule has 0 spiro atoms. The van der Waals surface area contributed by atoms with Crippen molar-refractivity contribution in [3.05, 3.63) is 29.8 Å². The van der Waals surface area contributed by atoms with Crippen molar-refractivity contribution in [1.29, 1.82) is 0 Å². The lowest BCUT2D eigenvalue weighted by Crippen LogP contribution is -2.27. The molecule has 0 fully saturated rings. The molecule has 0 amide bonds. The number of benzene rings is 1. The second kappa shape index (κ2) is 9.96. The van der Waals surface area contributed by atoms with Crippen molar-refractivity contribution in [2.75, 3.05) is 24.2 Å². The average molecular weight is 426 g/mol. The summed E-state index contributed by atoms with van der Waals surface area (Å²) in [5.41, 5.74) is 7.79. The number of aliphatic imine (C=N–C) groups is 1. The largest absolute Gasteiger partial charge is 0.370 e. The Morgan fingerprint density at radius 3 is 2.48 bits per heavy atom. The molecule has 0 saturated heterocycles. The lowest BCUT2D eigenvalue weighted by atomic mass is 10.2. The fourth-order valence-electron chi connectivity index (χ4n) is 1.43. The van der Waals surface area contributed by atoms with Gasteiger partial charge in [-0.2, -0.15) is 0 Å². The number of hydrogen-bond acceptors (Lipinski definition) is 3. The fourth-order valence-corrected chi connectivity index (χ4v) is 2.09. The zero-order valence-corrected chi connectivity index (χ0v) is 15.4. The van der Waals surface area contributed by atoms with Gasteiger partial charge < -0.3 is 11.1 Å². The number of aryl methyl sites for hydroxylation is 1. The van der Waals surface area contributed by atoms with Gasteiger partial charge in [0, 0.05) is 18.8 Å². The fraction of sp³-hybridized carbons (Fsp3) is 0.462. The van der Waals surface area contributed by atoms with Crippen LogP contribution in [0.15, 0.2) is 29.3 Å². The summed E-state index contributed by atoms with van der Waals surface area (Å²) in [4.78, 5) is 4.14. The molecule has 8 heteroatoms. The summed E-state index contributed by atoms with van der Waals surface area (Å²) in [6.45, 7) is 4.46. The molecule has 21 heavy (non-hydrogen) atoms. The minimum atomic E-state index is -3.12. The molecule has 1 aromatic rings. The predicted octanol–water partition coefficient (Wildman–Crippen LogP) is 1.67. The molecular weight excluding hydrogens is 403 g/mol. The molecule has 0 aliphatic rings. The summed E-state index contributed by atoms with van der Waals surface area (Å²) in [5.74, 6) is 0.417. The van der Waals surface area contributed by atoms with Gasteiger partial charge in [-0.1, -0.05) is 17.7 Å². The van der Waals surface area contributed by atoms with E-state index in [0.29, 0.717) is 25.5 Å². The minimum absolute atomic E-state index is 0. The van der Waals surface area contributed by atoms with E-state index >= 15 is 0 Å². The van der Waals surface area contributed by atoms with Crippen LogP contribution in [0.3, 0.4) is 0 Å². The van der Waals surface area contributed by atoms with Crippen molar-refractivity contribution in [2.45, 2.75) is 20.3 Å². The number of hydrogen-bond donors (Lipinski definition) is 3. The van der Waals surface area contributed by atoms with Crippen LogP contribution in [0.2, 0.25) is 0 Å². The van der Waals surface area contributed by atoms with Gasteiger partial charge in [-0.25, -0.2) is 13.1 Å². The van der Waals surface area contributed by atoms with E-state index in [0.717, 1.165) is 5.69 Å². The van der Waals surface area contributed by atoms with E-state index in [4.69, 9.17) is 5.73 Å². The molecule has 0 heterocycles. The quantitative estimate of drug-likeness (QED) is 0.268. The number of nitrogens with zero attached hydrogens (tertiary/aromatic N) is 1. The number of nitrogens with one attached hydrogen (secondary N) is 2. The van der Waals surface area contributed by atoms with Crippen molar-refractivity contribution in [3.8, 4) is 0 Å². The Hall–Kier alpha value is -0.870. The smallest absolute Gasteiger partial charge is 0.211 e. The zero-order chi connectivity index (χ0) is 15.0. The van der Waals surface area contributed by atoms with Gasteiger partial charge >= 0.3 is 0 Å². The van der Waals surface area contributed by atoms with E-state index in [9.17, 15) is 8.42 Å². The summed E-state index contributed by atoms with van der Waals surface area (Å²) in [7, 11) is -3.12. The Balaban J connectivity index is 0.00000400. The monoisotopic (exact) mass is 426 g/mol. The van der Waals surface area contributed by atoms with Crippen LogP contribution in [0.4, 0.5) is 5.69 Å². The Kier molecular flexibility index (Phi) is 9.54. The molecule has 0 aromatic heterocycles. The first-order valence-corrected chi connectivity index (χ1v) is 8.19. The molecule has 0 saturated carbocycles. The van der Waals surface area contributed by atoms with Gasteiger partial charge in [0.15, 0.2) is 5.96 Å². The van der Waals surface area contributed by atoms with Gasteiger partial charge in [0.1, 0.15) is 0 Å². The number of halogens is 1. The summed E-state index contributed by atoms with van der Waals surface area (Å²) >= 11 is 0. The first-order valence-electron chi connectivity index (χ1n) is 6.54. The van der Waals surface area contributed by atoms with Crippen LogP contribution in [0.1, 0.15) is 18.9 Å². The molecular formula is C13H23IN4O2S. The normalized spacial score (nSPS) is 11.8. The van der Waals surface area contributed by atoms with Gasteiger partial charge in [0.2, 0.25) is 10.0 Å². The summed E-state index contributed by atoms with van der Waals surface area (Å²) in [5, 5.41) is 2.98. The Labute approximate surface area is 143 Å². The molecule has 0 aliphatic carbocycles. The summed E-state index contributed by atoms with van der Waals surface area (Å²) in [6.07, 6.45) is 0.607. The van der Waals surface area contributed by atoms with Crippen LogP contribution in [0.25, 0.3) is 0 Å². The molecule has 1 aromatic carbocycles. The molecule has 0 bridgehead atoms. The molecule has 1 rings (SSSR count). The number of rotatable bonds is 7. The topological polar surface area (TPSA) is 96.6 Å². The van der Waals surface area contributed by atoms with Gasteiger partial charge in [0.25, 0.3) is 0 Å². The number of nitrogens with two attached hydrogens (primary N) is 1. The summed E-state index contributed by atoms with van der Waals surface area (Å²) < 4.78 is 24.8. The van der Waals surface area contributed by atoms with E-state index < -0.39 is 10.0 Å². The molecule has 4 N–H and O–H groups in total. The van der Waals surface area contributed by atoms with Crippen LogP contribution < -0.4 is 15.8 Å². The summed E-state index contributed by atoms with van der Waals surface area (Å²) in [6, 6.07) is 7.81. The van der Waals surface area contributed by atoms with Crippen LogP contribution in [0.5, 0.6) is 0 Å². The number of anilines is 1. The van der Waals surface area contributed by atoms with Gasteiger partial charge in [-0.3, -0.25) is 4.99 Å². The van der Waals surface area contributed by atoms with Crippen LogP contribution in [-0.4, -0.2) is 33.2 Å². The van der Waals surface area contributed by atoms with Gasteiger partial charge in [0.05, 0.1) is 5.75 Å². The maximum absolute atomic E-state index is 11.2. The highest BCUT2D eigenvalue weighted by Crippen LogP contribution is 2.07. The Morgan fingerprint density at radius 2 is 1.90 bits per heavy atom. The highest BCUT2D eigenvalue weighted by atomic mass is 127. The molecule has 0 radical (unpaired) electrons. The molecule has 6 nitrogen and oxygen atoms in total. The molecule has 120 valence electrons. The van der Waals surface area contributed by atoms with Gasteiger partial charge in [-0.05, 0) is 32.4 Å². The third-order valence-corrected chi connectivity index (χ3v) is 4.05. The first-order chi connectivity index (χ1) is 9.43. The van der Waals surface area contributed by atoms with E-state index in [2.05, 4.69) is 15.0 Å². The van der Waals surface area contributed by atoms with E-state index in [1.54, 1.807) is 6.92 Å². The van der Waals surface area contributed by atoms with E-state index in [1.165, 1.54) is 5.56 Å². The first kappa shape index (κ1) is 20.1. The maximum atomic E-state index is 11.2. The van der Waals surface area contributed by atoms with Crippen molar-refractivity contribution >= 4 is 45.6 Å². The maximum Gasteiger partial charge on any atom is 0.211 e.